The number of thiazole rings is 1. The van der Waals surface area contributed by atoms with Crippen molar-refractivity contribution in [2.45, 2.75) is 20.8 Å². The van der Waals surface area contributed by atoms with Gasteiger partial charge in [-0.25, -0.2) is 4.98 Å². The third-order valence-electron chi connectivity index (χ3n) is 3.38. The van der Waals surface area contributed by atoms with E-state index in [0.717, 1.165) is 11.3 Å². The summed E-state index contributed by atoms with van der Waals surface area (Å²) >= 11 is 2.90. The molecule has 0 atom stereocenters. The van der Waals surface area contributed by atoms with Crippen LogP contribution in [-0.2, 0) is 4.79 Å². The molecule has 1 aromatic heterocycles. The van der Waals surface area contributed by atoms with Gasteiger partial charge in [-0.3, -0.25) is 9.69 Å². The summed E-state index contributed by atoms with van der Waals surface area (Å²) in [6, 6.07) is 8.13. The van der Waals surface area contributed by atoms with Gasteiger partial charge in [-0.05, 0) is 44.2 Å². The van der Waals surface area contributed by atoms with Crippen LogP contribution >= 0.6 is 23.1 Å². The van der Waals surface area contributed by atoms with Gasteiger partial charge in [0.2, 0.25) is 5.13 Å². The number of hydrogen-bond donors (Lipinski definition) is 0. The number of hydrogen-bond acceptors (Lipinski definition) is 5. The second-order valence-electron chi connectivity index (χ2n) is 5.24. The first kappa shape index (κ1) is 16.0. The molecule has 1 amide bonds. The number of aromatic nitrogens is 1. The first-order chi connectivity index (χ1) is 11.1. The van der Waals surface area contributed by atoms with Crippen LogP contribution in [0.5, 0.6) is 0 Å². The highest BCUT2D eigenvalue weighted by Gasteiger charge is 2.32. The minimum absolute atomic E-state index is 0.00473. The Bertz CT molecular complexity index is 790. The van der Waals surface area contributed by atoms with Crippen molar-refractivity contribution < 1.29 is 4.79 Å². The average Bonchev–Trinajstić information content (AvgIpc) is 3.06. The number of thioether (sulfide) groups is 1. The molecule has 0 radical (unpaired) electrons. The third kappa shape index (κ3) is 3.54. The molecule has 0 unspecified atom stereocenters. The van der Waals surface area contributed by atoms with Crippen molar-refractivity contribution in [3.05, 3.63) is 51.4 Å². The summed E-state index contributed by atoms with van der Waals surface area (Å²) < 4.78 is 0. The van der Waals surface area contributed by atoms with Crippen LogP contribution in [0.2, 0.25) is 0 Å². The number of amidine groups is 1. The molecule has 118 valence electrons. The smallest absolute Gasteiger partial charge is 0.266 e. The number of nitrogens with zero attached hydrogens (tertiary/aromatic N) is 3. The van der Waals surface area contributed by atoms with Crippen LogP contribution in [0, 0.1) is 13.8 Å². The fourth-order valence-electron chi connectivity index (χ4n) is 2.16. The van der Waals surface area contributed by atoms with Gasteiger partial charge >= 0.3 is 0 Å². The molecular weight excluding hydrogens is 326 g/mol. The van der Waals surface area contributed by atoms with Gasteiger partial charge in [0.25, 0.3) is 5.91 Å². The van der Waals surface area contributed by atoms with E-state index in [1.807, 2.05) is 56.5 Å². The normalized spacial score (nSPS) is 18.4. The summed E-state index contributed by atoms with van der Waals surface area (Å²) in [5.41, 5.74) is 3.17. The van der Waals surface area contributed by atoms with E-state index in [1.54, 1.807) is 4.90 Å². The fourth-order valence-corrected chi connectivity index (χ4v) is 3.92. The summed E-state index contributed by atoms with van der Waals surface area (Å²) in [6.07, 6.45) is 1.92. The van der Waals surface area contributed by atoms with Gasteiger partial charge in [-0.2, -0.15) is 4.99 Å². The van der Waals surface area contributed by atoms with E-state index in [4.69, 9.17) is 0 Å². The van der Waals surface area contributed by atoms with Gasteiger partial charge in [0.15, 0.2) is 5.17 Å². The lowest BCUT2D eigenvalue weighted by atomic mass is 10.1. The molecule has 3 rings (SSSR count). The summed E-state index contributed by atoms with van der Waals surface area (Å²) in [5, 5.41) is 3.35. The number of likely N-dealkylation sites (N-methyl/N-ethyl adjacent to an activating group) is 1. The molecule has 6 heteroatoms. The topological polar surface area (TPSA) is 45.6 Å². The van der Waals surface area contributed by atoms with E-state index in [9.17, 15) is 4.79 Å². The lowest BCUT2D eigenvalue weighted by Crippen LogP contribution is -2.28. The lowest BCUT2D eigenvalue weighted by Gasteiger charge is -2.11. The van der Waals surface area contributed by atoms with Crippen molar-refractivity contribution in [3.63, 3.8) is 0 Å². The maximum absolute atomic E-state index is 12.6. The average molecular weight is 343 g/mol. The maximum atomic E-state index is 12.6. The van der Waals surface area contributed by atoms with Crippen LogP contribution < -0.4 is 0 Å². The monoisotopic (exact) mass is 343 g/mol. The van der Waals surface area contributed by atoms with Gasteiger partial charge < -0.3 is 0 Å². The number of carbonyl (C=O) groups excluding carboxylic acids is 1. The molecule has 4 nitrogen and oxygen atoms in total. The minimum Gasteiger partial charge on any atom is -0.287 e. The van der Waals surface area contributed by atoms with E-state index in [2.05, 4.69) is 9.98 Å². The summed E-state index contributed by atoms with van der Waals surface area (Å²) in [5.74, 6) is 0.00473. The van der Waals surface area contributed by atoms with Gasteiger partial charge in [0.05, 0.1) is 10.6 Å². The van der Waals surface area contributed by atoms with E-state index in [0.29, 0.717) is 21.7 Å². The first-order valence-electron chi connectivity index (χ1n) is 7.35. The van der Waals surface area contributed by atoms with E-state index in [-0.39, 0.29) is 5.91 Å². The Hall–Kier alpha value is -1.92. The standard InChI is InChI=1S/C17H17N3OS2/c1-4-20-15(21)14(9-13-7-5-11(2)6-8-13)23-17(20)19-16-18-12(3)10-22-16/h5-10H,4H2,1-3H3/b14-9-,19-17+. The zero-order valence-electron chi connectivity index (χ0n) is 13.2. The van der Waals surface area contributed by atoms with Crippen molar-refractivity contribution in [1.82, 2.24) is 9.88 Å². The second kappa shape index (κ2) is 6.68. The number of carbonyl (C=O) groups is 1. The largest absolute Gasteiger partial charge is 0.287 e. The Labute approximate surface area is 144 Å². The van der Waals surface area contributed by atoms with Crippen LogP contribution in [0.25, 0.3) is 6.08 Å². The zero-order valence-corrected chi connectivity index (χ0v) is 14.9. The number of aliphatic imine (C=N–C) groups is 1. The van der Waals surface area contributed by atoms with Crippen molar-refractivity contribution in [3.8, 4) is 0 Å². The molecule has 0 N–H and O–H groups in total. The highest BCUT2D eigenvalue weighted by molar-refractivity contribution is 8.18. The molecule has 1 aliphatic rings. The van der Waals surface area contributed by atoms with Crippen LogP contribution in [0.15, 0.2) is 39.5 Å². The number of rotatable bonds is 3. The minimum atomic E-state index is 0.00473. The molecule has 0 aliphatic carbocycles. The molecule has 1 aliphatic heterocycles. The van der Waals surface area contributed by atoms with Crippen LogP contribution in [0.1, 0.15) is 23.7 Å². The quantitative estimate of drug-likeness (QED) is 0.777. The number of amides is 1. The van der Waals surface area contributed by atoms with Crippen LogP contribution in [0.3, 0.4) is 0 Å². The van der Waals surface area contributed by atoms with E-state index < -0.39 is 0 Å². The third-order valence-corrected chi connectivity index (χ3v) is 5.24. The maximum Gasteiger partial charge on any atom is 0.266 e. The number of benzene rings is 1. The molecule has 1 saturated heterocycles. The highest BCUT2D eigenvalue weighted by Crippen LogP contribution is 2.34. The Kier molecular flexibility index (Phi) is 4.63. The molecule has 0 spiro atoms. The molecular formula is C17H17N3OS2. The molecule has 1 aromatic carbocycles. The first-order valence-corrected chi connectivity index (χ1v) is 9.05. The molecule has 23 heavy (non-hydrogen) atoms. The Morgan fingerprint density at radius 2 is 2.00 bits per heavy atom. The van der Waals surface area contributed by atoms with Crippen molar-refractivity contribution in [2.75, 3.05) is 6.54 Å². The molecule has 0 saturated carbocycles. The van der Waals surface area contributed by atoms with Crippen LogP contribution in [-0.4, -0.2) is 27.5 Å². The Balaban J connectivity index is 1.91. The van der Waals surface area contributed by atoms with Crippen molar-refractivity contribution >= 4 is 45.4 Å². The Morgan fingerprint density at radius 1 is 1.26 bits per heavy atom. The summed E-state index contributed by atoms with van der Waals surface area (Å²) in [7, 11) is 0. The SMILES string of the molecule is CCN1C(=O)/C(=C/c2ccc(C)cc2)S/C1=N/c1nc(C)cs1. The fraction of sp³-hybridized carbons (Fsp3) is 0.235. The summed E-state index contributed by atoms with van der Waals surface area (Å²) in [4.78, 5) is 23.8. The lowest BCUT2D eigenvalue weighted by molar-refractivity contribution is -0.122. The zero-order chi connectivity index (χ0) is 16.4. The highest BCUT2D eigenvalue weighted by atomic mass is 32.2. The van der Waals surface area contributed by atoms with E-state index in [1.165, 1.54) is 28.7 Å². The number of aryl methyl sites for hydroxylation is 2. The van der Waals surface area contributed by atoms with Crippen molar-refractivity contribution in [2.24, 2.45) is 4.99 Å². The van der Waals surface area contributed by atoms with Gasteiger partial charge in [0.1, 0.15) is 0 Å². The predicted molar refractivity (Wildman–Crippen MR) is 98.1 cm³/mol. The molecule has 1 fully saturated rings. The summed E-state index contributed by atoms with van der Waals surface area (Å²) in [6.45, 7) is 6.54. The van der Waals surface area contributed by atoms with Gasteiger partial charge in [0, 0.05) is 11.9 Å². The predicted octanol–water partition coefficient (Wildman–Crippen LogP) is 4.38. The van der Waals surface area contributed by atoms with E-state index >= 15 is 0 Å². The molecule has 2 heterocycles. The van der Waals surface area contributed by atoms with Crippen LogP contribution in [0.4, 0.5) is 5.13 Å². The van der Waals surface area contributed by atoms with Gasteiger partial charge in [-0.15, -0.1) is 11.3 Å². The molecule has 2 aromatic rings. The molecule has 0 bridgehead atoms. The van der Waals surface area contributed by atoms with Crippen molar-refractivity contribution in [1.29, 1.82) is 0 Å². The second-order valence-corrected chi connectivity index (χ2v) is 7.08. The van der Waals surface area contributed by atoms with Gasteiger partial charge in [-0.1, -0.05) is 29.8 Å². The Morgan fingerprint density at radius 3 is 2.61 bits per heavy atom.